The molecule has 2 aromatic rings. The van der Waals surface area contributed by atoms with Gasteiger partial charge in [-0.1, -0.05) is 36.4 Å². The molecule has 0 fully saturated rings. The topological polar surface area (TPSA) is 110 Å². The zero-order chi connectivity index (χ0) is 17.0. The van der Waals surface area contributed by atoms with Gasteiger partial charge in [0.25, 0.3) is 16.0 Å². The largest absolute Gasteiger partial charge is 0.467 e. The number of ether oxygens (including phenoxy) is 1. The molecule has 0 saturated heterocycles. The highest BCUT2D eigenvalue weighted by Gasteiger charge is 2.27. The Labute approximate surface area is 133 Å². The van der Waals surface area contributed by atoms with Gasteiger partial charge in [-0.2, -0.15) is 8.42 Å². The van der Waals surface area contributed by atoms with E-state index < -0.39 is 33.8 Å². The predicted molar refractivity (Wildman–Crippen MR) is 83.6 cm³/mol. The molecule has 2 N–H and O–H groups in total. The van der Waals surface area contributed by atoms with Crippen molar-refractivity contribution in [2.45, 2.75) is 6.04 Å². The Bertz CT molecular complexity index is 841. The Kier molecular flexibility index (Phi) is 4.97. The number of esters is 1. The van der Waals surface area contributed by atoms with E-state index in [-0.39, 0.29) is 5.56 Å². The molecule has 0 saturated carbocycles. The maximum Gasteiger partial charge on any atom is 0.329 e. The number of methoxy groups -OCH3 is 1. The van der Waals surface area contributed by atoms with Crippen molar-refractivity contribution in [2.75, 3.05) is 12.9 Å². The molecule has 0 aliphatic heterocycles. The molecule has 0 spiro atoms. The SMILES string of the molecule is COC(=O)[C@H](CS(=O)(=O)O)NC(=O)c1cccc2ccccc12. The standard InChI is InChI=1S/C15H15NO6S/c1-22-15(18)13(9-23(19,20)21)16-14(17)12-8-4-6-10-5-2-3-7-11(10)12/h2-8,13H,9H2,1H3,(H,16,17)(H,19,20,21)/t13-/m0/s1. The summed E-state index contributed by atoms with van der Waals surface area (Å²) in [5, 5.41) is 3.76. The first-order chi connectivity index (χ1) is 10.8. The lowest BCUT2D eigenvalue weighted by molar-refractivity contribution is -0.142. The normalized spacial score (nSPS) is 12.6. The van der Waals surface area contributed by atoms with E-state index in [0.29, 0.717) is 5.39 Å². The Morgan fingerprint density at radius 3 is 2.48 bits per heavy atom. The molecule has 8 heteroatoms. The van der Waals surface area contributed by atoms with Crippen LogP contribution in [0.5, 0.6) is 0 Å². The highest BCUT2D eigenvalue weighted by molar-refractivity contribution is 7.85. The lowest BCUT2D eigenvalue weighted by Crippen LogP contribution is -2.46. The Morgan fingerprint density at radius 1 is 1.17 bits per heavy atom. The van der Waals surface area contributed by atoms with Gasteiger partial charge in [0.2, 0.25) is 0 Å². The number of carbonyl (C=O) groups is 2. The van der Waals surface area contributed by atoms with Crippen LogP contribution < -0.4 is 5.32 Å². The van der Waals surface area contributed by atoms with Gasteiger partial charge in [0.15, 0.2) is 0 Å². The van der Waals surface area contributed by atoms with Gasteiger partial charge in [-0.05, 0) is 16.8 Å². The lowest BCUT2D eigenvalue weighted by Gasteiger charge is -2.15. The minimum absolute atomic E-state index is 0.285. The molecule has 23 heavy (non-hydrogen) atoms. The van der Waals surface area contributed by atoms with Crippen LogP contribution in [-0.4, -0.2) is 43.8 Å². The molecule has 0 heterocycles. The third-order valence-corrected chi connectivity index (χ3v) is 3.96. The summed E-state index contributed by atoms with van der Waals surface area (Å²) < 4.78 is 35.3. The molecule has 0 bridgehead atoms. The van der Waals surface area contributed by atoms with Crippen molar-refractivity contribution < 1.29 is 27.3 Å². The van der Waals surface area contributed by atoms with Crippen LogP contribution in [0.25, 0.3) is 10.8 Å². The highest BCUT2D eigenvalue weighted by atomic mass is 32.2. The molecule has 2 rings (SSSR count). The second-order valence-corrected chi connectivity index (χ2v) is 6.32. The fraction of sp³-hybridized carbons (Fsp3) is 0.200. The molecular weight excluding hydrogens is 322 g/mol. The lowest BCUT2D eigenvalue weighted by atomic mass is 10.0. The van der Waals surface area contributed by atoms with Crippen molar-refractivity contribution in [1.29, 1.82) is 0 Å². The number of hydrogen-bond donors (Lipinski definition) is 2. The number of benzene rings is 2. The van der Waals surface area contributed by atoms with E-state index in [4.69, 9.17) is 4.55 Å². The molecule has 0 unspecified atom stereocenters. The second-order valence-electron chi connectivity index (χ2n) is 4.82. The Balaban J connectivity index is 2.32. The molecule has 0 aliphatic carbocycles. The number of hydrogen-bond acceptors (Lipinski definition) is 5. The Hall–Kier alpha value is -2.45. The third kappa shape index (κ3) is 4.27. The van der Waals surface area contributed by atoms with Crippen LogP contribution in [0.4, 0.5) is 0 Å². The molecule has 1 atom stereocenters. The van der Waals surface area contributed by atoms with E-state index in [2.05, 4.69) is 10.1 Å². The summed E-state index contributed by atoms with van der Waals surface area (Å²) in [5.41, 5.74) is 0.285. The van der Waals surface area contributed by atoms with E-state index in [1.165, 1.54) is 0 Å². The number of nitrogens with one attached hydrogen (secondary N) is 1. The molecule has 0 aliphatic rings. The number of fused-ring (bicyclic) bond motifs is 1. The Morgan fingerprint density at radius 2 is 1.83 bits per heavy atom. The van der Waals surface area contributed by atoms with Crippen LogP contribution in [0.2, 0.25) is 0 Å². The van der Waals surface area contributed by atoms with Crippen LogP contribution >= 0.6 is 0 Å². The van der Waals surface area contributed by atoms with Gasteiger partial charge in [0.1, 0.15) is 11.8 Å². The minimum Gasteiger partial charge on any atom is -0.467 e. The van der Waals surface area contributed by atoms with E-state index in [9.17, 15) is 18.0 Å². The average Bonchev–Trinajstić information content (AvgIpc) is 2.51. The van der Waals surface area contributed by atoms with Gasteiger partial charge < -0.3 is 10.1 Å². The summed E-state index contributed by atoms with van der Waals surface area (Å²) in [6.45, 7) is 0. The van der Waals surface area contributed by atoms with Crippen molar-refractivity contribution in [2.24, 2.45) is 0 Å². The van der Waals surface area contributed by atoms with Gasteiger partial charge >= 0.3 is 5.97 Å². The van der Waals surface area contributed by atoms with E-state index in [1.807, 2.05) is 18.2 Å². The average molecular weight is 337 g/mol. The maximum absolute atomic E-state index is 12.4. The van der Waals surface area contributed by atoms with Gasteiger partial charge in [0.05, 0.1) is 7.11 Å². The molecule has 122 valence electrons. The molecule has 7 nitrogen and oxygen atoms in total. The fourth-order valence-electron chi connectivity index (χ4n) is 2.18. The summed E-state index contributed by atoms with van der Waals surface area (Å²) >= 11 is 0. The third-order valence-electron chi connectivity index (χ3n) is 3.20. The minimum atomic E-state index is -4.46. The second kappa shape index (κ2) is 6.76. The number of rotatable bonds is 5. The zero-order valence-electron chi connectivity index (χ0n) is 12.2. The zero-order valence-corrected chi connectivity index (χ0v) is 13.0. The van der Waals surface area contributed by atoms with Crippen LogP contribution in [-0.2, 0) is 19.6 Å². The monoisotopic (exact) mass is 337 g/mol. The van der Waals surface area contributed by atoms with Gasteiger partial charge in [-0.25, -0.2) is 4.79 Å². The summed E-state index contributed by atoms with van der Waals surface area (Å²) in [6, 6.07) is 10.7. The molecule has 2 aromatic carbocycles. The first-order valence-corrected chi connectivity index (χ1v) is 8.24. The maximum atomic E-state index is 12.4. The fourth-order valence-corrected chi connectivity index (χ4v) is 2.82. The first kappa shape index (κ1) is 16.9. The highest BCUT2D eigenvalue weighted by Crippen LogP contribution is 2.18. The summed E-state index contributed by atoms with van der Waals surface area (Å²) in [6.07, 6.45) is 0. The first-order valence-electron chi connectivity index (χ1n) is 6.63. The molecule has 0 radical (unpaired) electrons. The molecule has 0 aromatic heterocycles. The van der Waals surface area contributed by atoms with Gasteiger partial charge in [0, 0.05) is 5.56 Å². The van der Waals surface area contributed by atoms with Crippen molar-refractivity contribution in [3.05, 3.63) is 48.0 Å². The molecule has 1 amide bonds. The van der Waals surface area contributed by atoms with Crippen LogP contribution in [0.15, 0.2) is 42.5 Å². The van der Waals surface area contributed by atoms with Crippen molar-refractivity contribution in [3.63, 3.8) is 0 Å². The molecular formula is C15H15NO6S. The number of amides is 1. The van der Waals surface area contributed by atoms with Crippen LogP contribution in [0, 0.1) is 0 Å². The van der Waals surface area contributed by atoms with E-state index >= 15 is 0 Å². The van der Waals surface area contributed by atoms with E-state index in [0.717, 1.165) is 12.5 Å². The smallest absolute Gasteiger partial charge is 0.329 e. The van der Waals surface area contributed by atoms with Crippen molar-refractivity contribution in [3.8, 4) is 0 Å². The summed E-state index contributed by atoms with van der Waals surface area (Å²) in [7, 11) is -3.41. The van der Waals surface area contributed by atoms with E-state index in [1.54, 1.807) is 24.3 Å². The van der Waals surface area contributed by atoms with Gasteiger partial charge in [-0.3, -0.25) is 9.35 Å². The number of carbonyl (C=O) groups excluding carboxylic acids is 2. The predicted octanol–water partition coefficient (Wildman–Crippen LogP) is 0.999. The van der Waals surface area contributed by atoms with Crippen LogP contribution in [0.1, 0.15) is 10.4 Å². The summed E-state index contributed by atoms with van der Waals surface area (Å²) in [5.74, 6) is -2.56. The van der Waals surface area contributed by atoms with Crippen molar-refractivity contribution in [1.82, 2.24) is 5.32 Å². The summed E-state index contributed by atoms with van der Waals surface area (Å²) in [4.78, 5) is 24.0. The van der Waals surface area contributed by atoms with Crippen LogP contribution in [0.3, 0.4) is 0 Å². The quantitative estimate of drug-likeness (QED) is 0.622. The van der Waals surface area contributed by atoms with Gasteiger partial charge in [-0.15, -0.1) is 0 Å². The van der Waals surface area contributed by atoms with Crippen molar-refractivity contribution >= 4 is 32.8 Å².